The first-order valence-electron chi connectivity index (χ1n) is 22.6. The minimum atomic E-state index is 0.0445. The van der Waals surface area contributed by atoms with Crippen LogP contribution in [0.4, 0.5) is 34.1 Å². The second-order valence-electron chi connectivity index (χ2n) is 19.6. The van der Waals surface area contributed by atoms with Crippen molar-refractivity contribution in [1.29, 1.82) is 0 Å². The molecule has 8 aliphatic rings. The smallest absolute Gasteiger partial charge is 0.252 e. The summed E-state index contributed by atoms with van der Waals surface area (Å²) in [6.45, 7) is 0.116. The maximum absolute atomic E-state index is 2.74. The maximum Gasteiger partial charge on any atom is 0.252 e. The second-order valence-corrected chi connectivity index (χ2v) is 19.6. The maximum atomic E-state index is 2.74. The highest BCUT2D eigenvalue weighted by Gasteiger charge is 2.60. The average molecular weight is 757 g/mol. The zero-order valence-electron chi connectivity index (χ0n) is 33.4. The van der Waals surface area contributed by atoms with Gasteiger partial charge in [-0.25, -0.2) is 0 Å². The standard InChI is InChI=1S/C56H45BN2/c1-2-12-38(13-3-1)59-50-21-11-9-19-48(50)57-47-18-8-10-20-49(47)58(39-26-27-45-42(30-39)40-14-4-6-16-43(40)55(45)32-34-22-24-36(55)28-34)51-31-46-52(54(59)53(51)57)41-15-5-7-17-44(41)56(46)33-35-23-25-37(56)29-35/h1-21,26-27,30-31,34-37H,22-25,28-29,32-33H2/t34-,35+,36+,37?,55-,56-/m0/s1. The zero-order valence-corrected chi connectivity index (χ0v) is 33.4. The predicted molar refractivity (Wildman–Crippen MR) is 244 cm³/mol. The van der Waals surface area contributed by atoms with E-state index in [0.29, 0.717) is 5.92 Å². The van der Waals surface area contributed by atoms with Crippen molar-refractivity contribution in [2.75, 3.05) is 9.80 Å². The fourth-order valence-electron chi connectivity index (χ4n) is 15.5. The van der Waals surface area contributed by atoms with Crippen LogP contribution >= 0.6 is 0 Å². The molecule has 0 aromatic heterocycles. The largest absolute Gasteiger partial charge is 0.311 e. The lowest BCUT2D eigenvalue weighted by atomic mass is 9.33. The van der Waals surface area contributed by atoms with E-state index in [1.807, 2.05) is 0 Å². The molecular formula is C56H45BN2. The molecule has 6 atom stereocenters. The van der Waals surface area contributed by atoms with Crippen LogP contribution in [0.5, 0.6) is 0 Å². The molecule has 6 aliphatic carbocycles. The van der Waals surface area contributed by atoms with Gasteiger partial charge in [0, 0.05) is 44.8 Å². The molecule has 2 heterocycles. The lowest BCUT2D eigenvalue weighted by Crippen LogP contribution is -2.61. The number of anilines is 6. The number of hydrogen-bond donors (Lipinski definition) is 0. The van der Waals surface area contributed by atoms with Gasteiger partial charge in [0.2, 0.25) is 0 Å². The molecule has 0 amide bonds. The number of para-hydroxylation sites is 3. The fourth-order valence-corrected chi connectivity index (χ4v) is 15.5. The Hall–Kier alpha value is -5.80. The molecule has 59 heavy (non-hydrogen) atoms. The Bertz CT molecular complexity index is 2990. The Morgan fingerprint density at radius 2 is 1.02 bits per heavy atom. The third kappa shape index (κ3) is 3.75. The van der Waals surface area contributed by atoms with Crippen molar-refractivity contribution in [3.05, 3.63) is 174 Å². The molecule has 7 aromatic rings. The van der Waals surface area contributed by atoms with Gasteiger partial charge in [0.05, 0.1) is 5.69 Å². The minimum absolute atomic E-state index is 0.0445. The number of rotatable bonds is 2. The van der Waals surface area contributed by atoms with Crippen LogP contribution in [0, 0.1) is 23.7 Å². The summed E-state index contributed by atoms with van der Waals surface area (Å²) in [5.74, 6) is 3.09. The molecule has 3 heteroatoms. The summed E-state index contributed by atoms with van der Waals surface area (Å²) < 4.78 is 0. The van der Waals surface area contributed by atoms with E-state index in [9.17, 15) is 0 Å². The number of hydrogen-bond acceptors (Lipinski definition) is 2. The van der Waals surface area contributed by atoms with Gasteiger partial charge in [-0.15, -0.1) is 0 Å². The first kappa shape index (κ1) is 32.1. The molecule has 2 aliphatic heterocycles. The summed E-state index contributed by atoms with van der Waals surface area (Å²) >= 11 is 0. The second kappa shape index (κ2) is 11.1. The van der Waals surface area contributed by atoms with Crippen molar-refractivity contribution in [2.45, 2.75) is 62.2 Å². The van der Waals surface area contributed by atoms with Crippen molar-refractivity contribution in [2.24, 2.45) is 23.7 Å². The van der Waals surface area contributed by atoms with Crippen molar-refractivity contribution in [3.63, 3.8) is 0 Å². The van der Waals surface area contributed by atoms with E-state index >= 15 is 0 Å². The van der Waals surface area contributed by atoms with E-state index in [1.54, 1.807) is 22.3 Å². The van der Waals surface area contributed by atoms with Gasteiger partial charge in [0.1, 0.15) is 0 Å². The van der Waals surface area contributed by atoms with E-state index in [-0.39, 0.29) is 17.5 Å². The monoisotopic (exact) mass is 756 g/mol. The highest BCUT2D eigenvalue weighted by Crippen LogP contribution is 2.69. The molecule has 1 unspecified atom stereocenters. The number of fused-ring (bicyclic) bond motifs is 21. The summed E-state index contributed by atoms with van der Waals surface area (Å²) in [6, 6.07) is 59.5. The molecule has 0 N–H and O–H groups in total. The predicted octanol–water partition coefficient (Wildman–Crippen LogP) is 11.9. The van der Waals surface area contributed by atoms with E-state index in [2.05, 4.69) is 161 Å². The molecule has 0 saturated heterocycles. The molecule has 0 radical (unpaired) electrons. The van der Waals surface area contributed by atoms with Crippen molar-refractivity contribution >= 4 is 57.2 Å². The topological polar surface area (TPSA) is 6.48 Å². The van der Waals surface area contributed by atoms with Crippen LogP contribution in [-0.2, 0) is 10.8 Å². The molecule has 4 fully saturated rings. The Kier molecular flexibility index (Phi) is 6.02. The van der Waals surface area contributed by atoms with Gasteiger partial charge in [0.25, 0.3) is 6.71 Å². The quantitative estimate of drug-likeness (QED) is 0.162. The van der Waals surface area contributed by atoms with Crippen molar-refractivity contribution < 1.29 is 0 Å². The Balaban J connectivity index is 1.06. The summed E-state index contributed by atoms with van der Waals surface area (Å²) in [7, 11) is 0. The van der Waals surface area contributed by atoms with E-state index in [4.69, 9.17) is 0 Å². The molecule has 2 nitrogen and oxygen atoms in total. The molecule has 4 bridgehead atoms. The van der Waals surface area contributed by atoms with E-state index < -0.39 is 0 Å². The SMILES string of the molecule is c1ccc(N2c3ccccc3B3c4ccccc4N(c4ccc5c(c4)-c4ccccc4[C@@]54C[C@H]5CC[C@@H]4C5)c4cc5c(c2c43)-c2ccccc2[C@@]52C[C@@H]3CCC2C3)cc1. The molecule has 15 rings (SSSR count). The van der Waals surface area contributed by atoms with Gasteiger partial charge >= 0.3 is 0 Å². The third-order valence-corrected chi connectivity index (χ3v) is 17.4. The lowest BCUT2D eigenvalue weighted by Gasteiger charge is -2.46. The van der Waals surface area contributed by atoms with Gasteiger partial charge in [-0.05, 0) is 160 Å². The minimum Gasteiger partial charge on any atom is -0.311 e. The van der Waals surface area contributed by atoms with Crippen molar-refractivity contribution in [3.8, 4) is 22.3 Å². The van der Waals surface area contributed by atoms with E-state index in [0.717, 1.165) is 17.8 Å². The van der Waals surface area contributed by atoms with Gasteiger partial charge in [-0.3, -0.25) is 0 Å². The summed E-state index contributed by atoms with van der Waals surface area (Å²) in [5, 5.41) is 0. The van der Waals surface area contributed by atoms with Crippen LogP contribution in [0.15, 0.2) is 152 Å². The Morgan fingerprint density at radius 3 is 1.69 bits per heavy atom. The van der Waals surface area contributed by atoms with Crippen LogP contribution in [0.2, 0.25) is 0 Å². The van der Waals surface area contributed by atoms with Gasteiger partial charge in [-0.2, -0.15) is 0 Å². The first-order valence-corrected chi connectivity index (χ1v) is 22.6. The van der Waals surface area contributed by atoms with Crippen LogP contribution in [0.25, 0.3) is 22.3 Å². The first-order chi connectivity index (χ1) is 29.2. The Morgan fingerprint density at radius 1 is 0.441 bits per heavy atom. The van der Waals surface area contributed by atoms with Crippen LogP contribution < -0.4 is 26.2 Å². The highest BCUT2D eigenvalue weighted by atomic mass is 15.2. The van der Waals surface area contributed by atoms with Crippen molar-refractivity contribution in [1.82, 2.24) is 0 Å². The molecule has 7 aromatic carbocycles. The number of nitrogens with zero attached hydrogens (tertiary/aromatic N) is 2. The molecule has 2 spiro atoms. The third-order valence-electron chi connectivity index (χ3n) is 17.4. The molecule has 4 saturated carbocycles. The highest BCUT2D eigenvalue weighted by molar-refractivity contribution is 7.00. The van der Waals surface area contributed by atoms with Crippen LogP contribution in [-0.4, -0.2) is 6.71 Å². The summed E-state index contributed by atoms with van der Waals surface area (Å²) in [6.07, 6.45) is 10.8. The van der Waals surface area contributed by atoms with Crippen LogP contribution in [0.1, 0.15) is 73.6 Å². The summed E-state index contributed by atoms with van der Waals surface area (Å²) in [4.78, 5) is 5.37. The molecular weight excluding hydrogens is 711 g/mol. The lowest BCUT2D eigenvalue weighted by molar-refractivity contribution is 0.327. The normalized spacial score (nSPS) is 27.5. The zero-order chi connectivity index (χ0) is 38.2. The summed E-state index contributed by atoms with van der Waals surface area (Å²) in [5.41, 5.74) is 24.6. The fraction of sp³-hybridized carbons (Fsp3) is 0.250. The average Bonchev–Trinajstić information content (AvgIpc) is 4.17. The Labute approximate surface area is 347 Å². The van der Waals surface area contributed by atoms with Crippen LogP contribution in [0.3, 0.4) is 0 Å². The van der Waals surface area contributed by atoms with Gasteiger partial charge < -0.3 is 9.80 Å². The number of benzene rings is 7. The van der Waals surface area contributed by atoms with Gasteiger partial charge in [0.15, 0.2) is 0 Å². The molecule has 282 valence electrons. The van der Waals surface area contributed by atoms with Gasteiger partial charge in [-0.1, -0.05) is 122 Å². The van der Waals surface area contributed by atoms with E-state index in [1.165, 1.54) is 124 Å².